The van der Waals surface area contributed by atoms with Crippen LogP contribution in [0.1, 0.15) is 32.3 Å². The molecule has 1 saturated carbocycles. The van der Waals surface area contributed by atoms with E-state index in [1.807, 2.05) is 44.2 Å². The predicted molar refractivity (Wildman–Crippen MR) is 95.7 cm³/mol. The molecule has 1 aliphatic heterocycles. The van der Waals surface area contributed by atoms with Crippen molar-refractivity contribution in [2.45, 2.75) is 51.0 Å². The number of epoxide rings is 1. The lowest BCUT2D eigenvalue weighted by molar-refractivity contribution is 0.115. The van der Waals surface area contributed by atoms with E-state index in [-0.39, 0.29) is 6.04 Å². The molecule has 0 aromatic heterocycles. The van der Waals surface area contributed by atoms with Gasteiger partial charge >= 0.3 is 6.09 Å². The molecule has 2 atom stereocenters. The van der Waals surface area contributed by atoms with Gasteiger partial charge in [-0.1, -0.05) is 30.3 Å². The van der Waals surface area contributed by atoms with Crippen molar-refractivity contribution in [3.63, 3.8) is 0 Å². The molecule has 2 fully saturated rings. The number of alkyl carbamates (subject to hydrolysis) is 1. The summed E-state index contributed by atoms with van der Waals surface area (Å²) in [5, 5.41) is 6.61. The van der Waals surface area contributed by atoms with Gasteiger partial charge in [0.2, 0.25) is 0 Å². The number of amides is 1. The minimum absolute atomic E-state index is 0.00122. The Balaban J connectivity index is 1.78. The van der Waals surface area contributed by atoms with Crippen LogP contribution in [0.15, 0.2) is 40.4 Å². The molecule has 1 aromatic carbocycles. The minimum atomic E-state index is -0.506. The lowest BCUT2D eigenvalue weighted by Crippen LogP contribution is -2.48. The van der Waals surface area contributed by atoms with Gasteiger partial charge in [0.1, 0.15) is 17.4 Å². The Labute approximate surface area is 147 Å². The van der Waals surface area contributed by atoms with E-state index < -0.39 is 17.8 Å². The van der Waals surface area contributed by atoms with Gasteiger partial charge in [0, 0.05) is 6.04 Å². The third-order valence-corrected chi connectivity index (χ3v) is 4.34. The Hall–Kier alpha value is -2.41. The van der Waals surface area contributed by atoms with Crippen LogP contribution in [0.4, 0.5) is 4.79 Å². The van der Waals surface area contributed by atoms with Gasteiger partial charge in [-0.25, -0.2) is 4.79 Å². The van der Waals surface area contributed by atoms with Crippen molar-refractivity contribution < 1.29 is 14.3 Å². The Bertz CT molecular complexity index is 681. The Morgan fingerprint density at radius 3 is 2.76 bits per heavy atom. The second kappa shape index (κ2) is 7.23. The highest BCUT2D eigenvalue weighted by Gasteiger charge is 2.56. The van der Waals surface area contributed by atoms with E-state index in [0.717, 1.165) is 12.0 Å². The normalized spacial score (nSPS) is 28.5. The maximum atomic E-state index is 11.9. The van der Waals surface area contributed by atoms with Gasteiger partial charge in [-0.2, -0.15) is 5.10 Å². The van der Waals surface area contributed by atoms with Gasteiger partial charge < -0.3 is 20.6 Å². The fourth-order valence-electron chi connectivity index (χ4n) is 3.01. The van der Waals surface area contributed by atoms with E-state index in [4.69, 9.17) is 20.3 Å². The molecule has 3 N–H and O–H groups in total. The number of carbonyl (C=O) groups is 1. The lowest BCUT2D eigenvalue weighted by Gasteiger charge is -2.29. The molecule has 0 bridgehead atoms. The number of aliphatic imine (C=N–C) groups is 1. The van der Waals surface area contributed by atoms with Crippen molar-refractivity contribution in [2.75, 3.05) is 6.61 Å². The molecule has 1 aromatic rings. The second-order valence-corrected chi connectivity index (χ2v) is 6.68. The zero-order valence-electron chi connectivity index (χ0n) is 14.6. The molecule has 134 valence electrons. The summed E-state index contributed by atoms with van der Waals surface area (Å²) in [5.74, 6) is 5.62. The fourth-order valence-corrected chi connectivity index (χ4v) is 3.01. The molecule has 2 unspecified atom stereocenters. The van der Waals surface area contributed by atoms with Crippen molar-refractivity contribution in [3.8, 4) is 0 Å². The summed E-state index contributed by atoms with van der Waals surface area (Å²) >= 11 is 0. The first-order chi connectivity index (χ1) is 12.0. The quantitative estimate of drug-likeness (QED) is 0.495. The molecule has 1 aliphatic carbocycles. The first-order valence-electron chi connectivity index (χ1n) is 8.52. The number of ether oxygens (including phenoxy) is 2. The summed E-state index contributed by atoms with van der Waals surface area (Å²) in [6.45, 7) is 4.86. The topological polar surface area (TPSA) is 102 Å². The minimum Gasteiger partial charge on any atom is -0.440 e. The monoisotopic (exact) mass is 344 g/mol. The summed E-state index contributed by atoms with van der Waals surface area (Å²) in [6, 6.07) is 9.93. The number of nitrogens with one attached hydrogen (secondary N) is 1. The molecule has 2 aliphatic rings. The van der Waals surface area contributed by atoms with Crippen LogP contribution in [0.5, 0.6) is 0 Å². The van der Waals surface area contributed by atoms with Crippen LogP contribution in [0.3, 0.4) is 0 Å². The largest absolute Gasteiger partial charge is 0.440 e. The number of nitrogens with zero attached hydrogens (tertiary/aromatic N) is 2. The molecule has 25 heavy (non-hydrogen) atoms. The molecule has 1 spiro atoms. The second-order valence-electron chi connectivity index (χ2n) is 6.68. The molecule has 1 amide bonds. The molecule has 7 nitrogen and oxygen atoms in total. The molecule has 3 rings (SSSR count). The number of benzene rings is 1. The van der Waals surface area contributed by atoms with E-state index in [1.54, 1.807) is 0 Å². The molecule has 1 heterocycles. The van der Waals surface area contributed by atoms with Gasteiger partial charge in [-0.3, -0.25) is 4.99 Å². The van der Waals surface area contributed by atoms with Crippen LogP contribution in [0, 0.1) is 0 Å². The predicted octanol–water partition coefficient (Wildman–Crippen LogP) is 2.01. The first kappa shape index (κ1) is 17.4. The lowest BCUT2D eigenvalue weighted by atomic mass is 9.84. The fraction of sp³-hybridized carbons (Fsp3) is 0.500. The smallest absolute Gasteiger partial charge is 0.408 e. The number of hydrogen-bond acceptors (Lipinski definition) is 6. The standard InChI is InChI=1S/C18H24N4O3/c1-12(2)21-17(23)25-14-8-9-18(11-24-18)16(15(14)22-19)20-10-13-6-4-3-5-7-13/h3-7,12,14H,8-11,19H2,1-2H3,(H,21,23)/b20-16?,22-15+. The van der Waals surface area contributed by atoms with Crippen molar-refractivity contribution in [2.24, 2.45) is 15.9 Å². The van der Waals surface area contributed by atoms with Gasteiger partial charge in [0.05, 0.1) is 18.9 Å². The average Bonchev–Trinajstić information content (AvgIpc) is 3.36. The van der Waals surface area contributed by atoms with Gasteiger partial charge in [-0.15, -0.1) is 0 Å². The third-order valence-electron chi connectivity index (χ3n) is 4.34. The zero-order valence-corrected chi connectivity index (χ0v) is 14.6. The van der Waals surface area contributed by atoms with Crippen molar-refractivity contribution >= 4 is 17.5 Å². The van der Waals surface area contributed by atoms with Crippen LogP contribution in [-0.4, -0.2) is 41.9 Å². The number of rotatable bonds is 4. The average molecular weight is 344 g/mol. The number of hydrogen-bond donors (Lipinski definition) is 2. The summed E-state index contributed by atoms with van der Waals surface area (Å²) in [4.78, 5) is 16.7. The van der Waals surface area contributed by atoms with E-state index in [0.29, 0.717) is 31.0 Å². The summed E-state index contributed by atoms with van der Waals surface area (Å²) < 4.78 is 11.2. The maximum Gasteiger partial charge on any atom is 0.408 e. The van der Waals surface area contributed by atoms with Gasteiger partial charge in [0.25, 0.3) is 0 Å². The Morgan fingerprint density at radius 1 is 1.44 bits per heavy atom. The van der Waals surface area contributed by atoms with Crippen LogP contribution in [0.2, 0.25) is 0 Å². The molecular weight excluding hydrogens is 320 g/mol. The Kier molecular flexibility index (Phi) is 5.03. The van der Waals surface area contributed by atoms with Crippen LogP contribution < -0.4 is 11.2 Å². The van der Waals surface area contributed by atoms with Crippen LogP contribution >= 0.6 is 0 Å². The van der Waals surface area contributed by atoms with Crippen molar-refractivity contribution in [1.82, 2.24) is 5.32 Å². The summed E-state index contributed by atoms with van der Waals surface area (Å²) in [6.07, 6.45) is 0.370. The zero-order chi connectivity index (χ0) is 17.9. The Morgan fingerprint density at radius 2 is 2.16 bits per heavy atom. The molecular formula is C18H24N4O3. The SMILES string of the molecule is CC(C)NC(=O)OC1CCC2(CO2)C(=NCc2ccccc2)/C1=N/N. The highest BCUT2D eigenvalue weighted by Crippen LogP contribution is 2.40. The van der Waals surface area contributed by atoms with E-state index in [2.05, 4.69) is 10.4 Å². The summed E-state index contributed by atoms with van der Waals surface area (Å²) in [7, 11) is 0. The van der Waals surface area contributed by atoms with E-state index in [1.165, 1.54) is 0 Å². The maximum absolute atomic E-state index is 11.9. The summed E-state index contributed by atoms with van der Waals surface area (Å²) in [5.41, 5.74) is 1.87. The highest BCUT2D eigenvalue weighted by molar-refractivity contribution is 6.48. The number of nitrogens with two attached hydrogens (primary N) is 1. The van der Waals surface area contributed by atoms with Gasteiger partial charge in [0.15, 0.2) is 0 Å². The molecule has 0 radical (unpaired) electrons. The van der Waals surface area contributed by atoms with Crippen LogP contribution in [0.25, 0.3) is 0 Å². The third kappa shape index (κ3) is 3.99. The van der Waals surface area contributed by atoms with Crippen molar-refractivity contribution in [1.29, 1.82) is 0 Å². The van der Waals surface area contributed by atoms with Crippen LogP contribution in [-0.2, 0) is 16.0 Å². The number of carbonyl (C=O) groups excluding carboxylic acids is 1. The van der Waals surface area contributed by atoms with E-state index >= 15 is 0 Å². The molecule has 1 saturated heterocycles. The number of hydrazone groups is 1. The van der Waals surface area contributed by atoms with Crippen molar-refractivity contribution in [3.05, 3.63) is 35.9 Å². The first-order valence-corrected chi connectivity index (χ1v) is 8.52. The highest BCUT2D eigenvalue weighted by atomic mass is 16.6. The van der Waals surface area contributed by atoms with E-state index in [9.17, 15) is 4.79 Å². The molecule has 7 heteroatoms. The van der Waals surface area contributed by atoms with Gasteiger partial charge in [-0.05, 0) is 32.3 Å².